The van der Waals surface area contributed by atoms with Crippen molar-refractivity contribution in [1.29, 1.82) is 0 Å². The van der Waals surface area contributed by atoms with Crippen LogP contribution in [0.2, 0.25) is 0 Å². The third kappa shape index (κ3) is 4.58. The zero-order valence-electron chi connectivity index (χ0n) is 15.1. The molecule has 0 aliphatic heterocycles. The van der Waals surface area contributed by atoms with Crippen molar-refractivity contribution in [2.24, 2.45) is 0 Å². The van der Waals surface area contributed by atoms with E-state index in [9.17, 15) is 0 Å². The van der Waals surface area contributed by atoms with Crippen LogP contribution in [0.3, 0.4) is 0 Å². The van der Waals surface area contributed by atoms with Crippen LogP contribution < -0.4 is 0 Å². The Kier molecular flexibility index (Phi) is 6.69. The van der Waals surface area contributed by atoms with Crippen molar-refractivity contribution in [1.82, 2.24) is 4.98 Å². The highest BCUT2D eigenvalue weighted by atomic mass is 16.4. The lowest BCUT2D eigenvalue weighted by atomic mass is 10.0. The van der Waals surface area contributed by atoms with E-state index >= 15 is 0 Å². The van der Waals surface area contributed by atoms with Crippen molar-refractivity contribution < 1.29 is 4.42 Å². The first kappa shape index (κ1) is 18.9. The SMILES string of the molecule is C=C/C=C\c1oc(C(/C=C(\C=C)c2cccc(C)c2)=C/C=C)nc1C=C. The molecule has 0 aliphatic carbocycles. The molecule has 1 heterocycles. The Balaban J connectivity index is 2.54. The molecule has 2 nitrogen and oxygen atoms in total. The maximum atomic E-state index is 5.92. The minimum Gasteiger partial charge on any atom is -0.436 e. The minimum atomic E-state index is 0.496. The molecule has 2 heteroatoms. The average Bonchev–Trinajstić information content (AvgIpc) is 3.06. The summed E-state index contributed by atoms with van der Waals surface area (Å²) in [6.45, 7) is 17.3. The van der Waals surface area contributed by atoms with E-state index in [0.717, 1.165) is 16.7 Å². The summed E-state index contributed by atoms with van der Waals surface area (Å²) in [6, 6.07) is 8.25. The quantitative estimate of drug-likeness (QED) is 0.501. The normalized spacial score (nSPS) is 12.2. The number of aromatic nitrogens is 1. The number of hydrogen-bond acceptors (Lipinski definition) is 2. The molecule has 0 bridgehead atoms. The Morgan fingerprint density at radius 1 is 1.08 bits per heavy atom. The molecule has 2 aromatic rings. The summed E-state index contributed by atoms with van der Waals surface area (Å²) in [5.41, 5.74) is 4.72. The van der Waals surface area contributed by atoms with Crippen LogP contribution in [0.25, 0.3) is 23.3 Å². The molecule has 0 N–H and O–H groups in total. The van der Waals surface area contributed by atoms with E-state index in [4.69, 9.17) is 4.42 Å². The van der Waals surface area contributed by atoms with E-state index in [2.05, 4.69) is 56.4 Å². The highest BCUT2D eigenvalue weighted by Crippen LogP contribution is 2.26. The molecular weight excluding hydrogens is 318 g/mol. The fraction of sp³-hybridized carbons (Fsp3) is 0.0417. The molecule has 0 saturated carbocycles. The van der Waals surface area contributed by atoms with Gasteiger partial charge in [-0.25, -0.2) is 4.98 Å². The van der Waals surface area contributed by atoms with Gasteiger partial charge in [0.1, 0.15) is 5.69 Å². The number of oxazole rings is 1. The first-order valence-corrected chi connectivity index (χ1v) is 8.29. The van der Waals surface area contributed by atoms with E-state index in [1.165, 1.54) is 5.56 Å². The monoisotopic (exact) mass is 341 g/mol. The number of hydrogen-bond donors (Lipinski definition) is 0. The lowest BCUT2D eigenvalue weighted by Gasteiger charge is -2.05. The van der Waals surface area contributed by atoms with Crippen molar-refractivity contribution in [3.63, 3.8) is 0 Å². The first-order chi connectivity index (χ1) is 12.6. The van der Waals surface area contributed by atoms with Crippen molar-refractivity contribution in [2.45, 2.75) is 6.92 Å². The van der Waals surface area contributed by atoms with Gasteiger partial charge >= 0.3 is 0 Å². The van der Waals surface area contributed by atoms with Gasteiger partial charge in [0, 0.05) is 5.57 Å². The summed E-state index contributed by atoms with van der Waals surface area (Å²) < 4.78 is 5.92. The zero-order valence-corrected chi connectivity index (χ0v) is 15.1. The summed E-state index contributed by atoms with van der Waals surface area (Å²) in [7, 11) is 0. The average molecular weight is 341 g/mol. The minimum absolute atomic E-state index is 0.496. The van der Waals surface area contributed by atoms with Gasteiger partial charge in [0.25, 0.3) is 0 Å². The third-order valence-corrected chi connectivity index (χ3v) is 3.68. The first-order valence-electron chi connectivity index (χ1n) is 8.29. The number of aryl methyl sites for hydroxylation is 1. The number of allylic oxidation sites excluding steroid dienone is 8. The number of rotatable bonds is 8. The highest BCUT2D eigenvalue weighted by molar-refractivity contribution is 5.86. The highest BCUT2D eigenvalue weighted by Gasteiger charge is 2.12. The smallest absolute Gasteiger partial charge is 0.227 e. The van der Waals surface area contributed by atoms with Crippen molar-refractivity contribution in [2.75, 3.05) is 0 Å². The van der Waals surface area contributed by atoms with Gasteiger partial charge in [0.15, 0.2) is 5.76 Å². The van der Waals surface area contributed by atoms with E-state index in [1.807, 2.05) is 30.4 Å². The second-order valence-electron chi connectivity index (χ2n) is 5.60. The molecule has 0 amide bonds. The van der Waals surface area contributed by atoms with Crippen LogP contribution in [-0.2, 0) is 0 Å². The van der Waals surface area contributed by atoms with Gasteiger partial charge < -0.3 is 4.42 Å². The second kappa shape index (κ2) is 9.19. The number of benzene rings is 1. The van der Waals surface area contributed by atoms with Crippen LogP contribution in [0.5, 0.6) is 0 Å². The zero-order chi connectivity index (χ0) is 18.9. The number of nitrogens with zero attached hydrogens (tertiary/aromatic N) is 1. The summed E-state index contributed by atoms with van der Waals surface area (Å²) in [6.07, 6.45) is 14.3. The van der Waals surface area contributed by atoms with Crippen LogP contribution in [0.15, 0.2) is 91.5 Å². The van der Waals surface area contributed by atoms with Crippen molar-refractivity contribution in [3.05, 3.63) is 116 Å². The molecular formula is C24H23NO. The Bertz CT molecular complexity index is 919. The molecule has 1 aromatic carbocycles. The van der Waals surface area contributed by atoms with Crippen LogP contribution >= 0.6 is 0 Å². The van der Waals surface area contributed by atoms with Gasteiger partial charge in [0.2, 0.25) is 5.89 Å². The maximum Gasteiger partial charge on any atom is 0.227 e. The lowest BCUT2D eigenvalue weighted by Crippen LogP contribution is -1.86. The standard InChI is InChI=1S/C24H23NO/c1-6-10-15-23-22(9-4)25-24(26-23)21(12-7-2)17-19(8-3)20-14-11-13-18(5)16-20/h6-17H,1-4H2,5H3/b15-10-,19-17+,21-12+. The molecule has 0 radical (unpaired) electrons. The Labute approximate surface area is 155 Å². The fourth-order valence-corrected chi connectivity index (χ4v) is 2.45. The van der Waals surface area contributed by atoms with E-state index in [0.29, 0.717) is 17.3 Å². The molecule has 26 heavy (non-hydrogen) atoms. The molecule has 0 saturated heterocycles. The van der Waals surface area contributed by atoms with Gasteiger partial charge in [-0.3, -0.25) is 0 Å². The summed E-state index contributed by atoms with van der Waals surface area (Å²) >= 11 is 0. The van der Waals surface area contributed by atoms with Crippen molar-refractivity contribution in [3.8, 4) is 0 Å². The van der Waals surface area contributed by atoms with Gasteiger partial charge in [-0.1, -0.05) is 86.5 Å². The summed E-state index contributed by atoms with van der Waals surface area (Å²) in [4.78, 5) is 4.53. The van der Waals surface area contributed by atoms with Gasteiger partial charge in [-0.15, -0.1) is 0 Å². The molecule has 0 fully saturated rings. The molecule has 2 rings (SSSR count). The molecule has 0 aliphatic rings. The van der Waals surface area contributed by atoms with Gasteiger partial charge in [0.05, 0.1) is 0 Å². The molecule has 0 spiro atoms. The van der Waals surface area contributed by atoms with Crippen LogP contribution in [0.1, 0.15) is 28.5 Å². The Hall–Kier alpha value is -3.39. The molecule has 130 valence electrons. The third-order valence-electron chi connectivity index (χ3n) is 3.68. The van der Waals surface area contributed by atoms with Gasteiger partial charge in [-0.05, 0) is 36.3 Å². The lowest BCUT2D eigenvalue weighted by molar-refractivity contribution is 0.534. The predicted molar refractivity (Wildman–Crippen MR) is 113 cm³/mol. The molecule has 0 atom stereocenters. The van der Waals surface area contributed by atoms with E-state index in [-0.39, 0.29) is 0 Å². The molecule has 0 unspecified atom stereocenters. The topological polar surface area (TPSA) is 26.0 Å². The fourth-order valence-electron chi connectivity index (χ4n) is 2.45. The Morgan fingerprint density at radius 2 is 1.88 bits per heavy atom. The van der Waals surface area contributed by atoms with Crippen LogP contribution in [-0.4, -0.2) is 4.98 Å². The van der Waals surface area contributed by atoms with Crippen LogP contribution in [0.4, 0.5) is 0 Å². The molecule has 1 aromatic heterocycles. The predicted octanol–water partition coefficient (Wildman–Crippen LogP) is 6.66. The largest absolute Gasteiger partial charge is 0.436 e. The van der Waals surface area contributed by atoms with Crippen LogP contribution in [0, 0.1) is 6.92 Å². The van der Waals surface area contributed by atoms with E-state index in [1.54, 1.807) is 24.3 Å². The Morgan fingerprint density at radius 3 is 2.50 bits per heavy atom. The van der Waals surface area contributed by atoms with Gasteiger partial charge in [-0.2, -0.15) is 0 Å². The summed E-state index contributed by atoms with van der Waals surface area (Å²) in [5, 5.41) is 0. The van der Waals surface area contributed by atoms with E-state index < -0.39 is 0 Å². The van der Waals surface area contributed by atoms with Crippen molar-refractivity contribution >= 4 is 23.3 Å². The summed E-state index contributed by atoms with van der Waals surface area (Å²) in [5.74, 6) is 1.13. The maximum absolute atomic E-state index is 5.92. The second-order valence-corrected chi connectivity index (χ2v) is 5.60.